The molecule has 26 heavy (non-hydrogen) atoms. The largest absolute Gasteiger partial charge is 0.497 e. The molecule has 0 radical (unpaired) electrons. The Morgan fingerprint density at radius 1 is 1.38 bits per heavy atom. The van der Waals surface area contributed by atoms with Crippen LogP contribution >= 0.6 is 0 Å². The summed E-state index contributed by atoms with van der Waals surface area (Å²) in [6.07, 6.45) is 6.06. The molecule has 2 unspecified atom stereocenters. The minimum Gasteiger partial charge on any atom is -0.497 e. The third kappa shape index (κ3) is 3.71. The zero-order valence-corrected chi connectivity index (χ0v) is 16.2. The third-order valence-electron chi connectivity index (χ3n) is 6.30. The molecule has 0 bridgehead atoms. The number of rotatable bonds is 6. The van der Waals surface area contributed by atoms with Crippen LogP contribution in [0, 0.1) is 5.41 Å². The number of amides is 2. The molecular weight excluding hydrogens is 328 g/mol. The van der Waals surface area contributed by atoms with E-state index in [0.29, 0.717) is 12.8 Å². The summed E-state index contributed by atoms with van der Waals surface area (Å²) in [4.78, 5) is 28.6. The smallest absolute Gasteiger partial charge is 0.222 e. The van der Waals surface area contributed by atoms with Crippen molar-refractivity contribution in [3.8, 4) is 5.75 Å². The number of carbonyl (C=O) groups excluding carboxylic acids is 2. The van der Waals surface area contributed by atoms with Gasteiger partial charge in [-0.1, -0.05) is 18.6 Å². The Balaban J connectivity index is 1.59. The zero-order chi connectivity index (χ0) is 18.7. The van der Waals surface area contributed by atoms with E-state index >= 15 is 0 Å². The van der Waals surface area contributed by atoms with E-state index in [1.807, 2.05) is 48.2 Å². The molecule has 2 amide bonds. The van der Waals surface area contributed by atoms with E-state index < -0.39 is 0 Å². The van der Waals surface area contributed by atoms with Crippen molar-refractivity contribution in [1.82, 2.24) is 9.80 Å². The van der Waals surface area contributed by atoms with Gasteiger partial charge in [0.25, 0.3) is 0 Å². The minimum absolute atomic E-state index is 0.0863. The molecule has 1 aromatic rings. The lowest BCUT2D eigenvalue weighted by molar-refractivity contribution is -0.142. The van der Waals surface area contributed by atoms with Gasteiger partial charge in [-0.3, -0.25) is 9.59 Å². The first-order valence-corrected chi connectivity index (χ1v) is 9.58. The van der Waals surface area contributed by atoms with Gasteiger partial charge in [0.1, 0.15) is 5.75 Å². The highest BCUT2D eigenvalue weighted by atomic mass is 16.5. The van der Waals surface area contributed by atoms with Gasteiger partial charge in [-0.25, -0.2) is 0 Å². The summed E-state index contributed by atoms with van der Waals surface area (Å²) in [6.45, 7) is 0.756. The number of benzene rings is 1. The van der Waals surface area contributed by atoms with Crippen molar-refractivity contribution in [2.24, 2.45) is 5.41 Å². The van der Waals surface area contributed by atoms with Crippen LogP contribution in [0.25, 0.3) is 0 Å². The Kier molecular flexibility index (Phi) is 5.54. The standard InChI is InChI=1S/C21H30N2O3/c1-22(19(24)10-9-16-6-4-7-17(14-16)26-3)15-21-12-5-8-18(21)23(2)20(25)11-13-21/h4,6-7,14,18H,5,8-13,15H2,1-3H3. The molecule has 1 aliphatic heterocycles. The normalized spacial score (nSPS) is 25.1. The average Bonchev–Trinajstić information content (AvgIpc) is 3.07. The van der Waals surface area contributed by atoms with Gasteiger partial charge in [0.05, 0.1) is 7.11 Å². The van der Waals surface area contributed by atoms with E-state index in [2.05, 4.69) is 0 Å². The first-order chi connectivity index (χ1) is 12.4. The van der Waals surface area contributed by atoms with Crippen LogP contribution in [0.2, 0.25) is 0 Å². The van der Waals surface area contributed by atoms with Gasteiger partial charge in [-0.05, 0) is 43.4 Å². The van der Waals surface area contributed by atoms with E-state index in [9.17, 15) is 9.59 Å². The Hall–Kier alpha value is -2.04. The van der Waals surface area contributed by atoms with Crippen molar-refractivity contribution in [3.05, 3.63) is 29.8 Å². The Morgan fingerprint density at radius 2 is 2.19 bits per heavy atom. The summed E-state index contributed by atoms with van der Waals surface area (Å²) in [6, 6.07) is 8.18. The Bertz CT molecular complexity index is 675. The number of hydrogen-bond donors (Lipinski definition) is 0. The summed E-state index contributed by atoms with van der Waals surface area (Å²) in [5.41, 5.74) is 1.20. The van der Waals surface area contributed by atoms with Crippen LogP contribution in [0.3, 0.4) is 0 Å². The summed E-state index contributed by atoms with van der Waals surface area (Å²) in [5.74, 6) is 1.25. The number of methoxy groups -OCH3 is 1. The molecule has 142 valence electrons. The molecule has 1 saturated carbocycles. The SMILES string of the molecule is COc1cccc(CCC(=O)N(C)CC23CCCC2N(C)C(=O)CC3)c1. The van der Waals surface area contributed by atoms with E-state index in [0.717, 1.165) is 50.0 Å². The lowest BCUT2D eigenvalue weighted by atomic mass is 9.74. The Morgan fingerprint density at radius 3 is 2.96 bits per heavy atom. The lowest BCUT2D eigenvalue weighted by Gasteiger charge is -2.46. The number of aryl methyl sites for hydroxylation is 1. The molecule has 5 nitrogen and oxygen atoms in total. The maximum Gasteiger partial charge on any atom is 0.222 e. The first kappa shape index (κ1) is 18.7. The highest BCUT2D eigenvalue weighted by Crippen LogP contribution is 2.48. The van der Waals surface area contributed by atoms with Gasteiger partial charge < -0.3 is 14.5 Å². The number of ether oxygens (including phenoxy) is 1. The van der Waals surface area contributed by atoms with Crippen molar-refractivity contribution >= 4 is 11.8 Å². The summed E-state index contributed by atoms with van der Waals surface area (Å²) < 4.78 is 5.25. The molecule has 1 aliphatic carbocycles. The predicted molar refractivity (Wildman–Crippen MR) is 101 cm³/mol. The predicted octanol–water partition coefficient (Wildman–Crippen LogP) is 2.88. The molecule has 2 fully saturated rings. The molecule has 0 N–H and O–H groups in total. The molecule has 5 heteroatoms. The van der Waals surface area contributed by atoms with Gasteiger partial charge in [0.15, 0.2) is 0 Å². The molecule has 1 saturated heterocycles. The number of nitrogens with zero attached hydrogens (tertiary/aromatic N) is 2. The molecule has 3 rings (SSSR count). The first-order valence-electron chi connectivity index (χ1n) is 9.58. The highest BCUT2D eigenvalue weighted by Gasteiger charge is 2.49. The second-order valence-corrected chi connectivity index (χ2v) is 7.88. The van der Waals surface area contributed by atoms with Crippen LogP contribution in [0.4, 0.5) is 0 Å². The Labute approximate surface area is 156 Å². The average molecular weight is 358 g/mol. The molecule has 1 aromatic carbocycles. The maximum atomic E-state index is 12.7. The van der Waals surface area contributed by atoms with Crippen molar-refractivity contribution in [1.29, 1.82) is 0 Å². The van der Waals surface area contributed by atoms with Gasteiger partial charge in [0, 0.05) is 44.9 Å². The van der Waals surface area contributed by atoms with Crippen LogP contribution in [-0.4, -0.2) is 55.4 Å². The molecular formula is C21H30N2O3. The summed E-state index contributed by atoms with van der Waals surface area (Å²) in [7, 11) is 5.49. The molecule has 1 heterocycles. The molecule has 2 atom stereocenters. The zero-order valence-electron chi connectivity index (χ0n) is 16.2. The monoisotopic (exact) mass is 358 g/mol. The van der Waals surface area contributed by atoms with E-state index in [-0.39, 0.29) is 23.3 Å². The van der Waals surface area contributed by atoms with E-state index in [1.54, 1.807) is 7.11 Å². The fourth-order valence-electron chi connectivity index (χ4n) is 4.82. The van der Waals surface area contributed by atoms with E-state index in [4.69, 9.17) is 4.74 Å². The quantitative estimate of drug-likeness (QED) is 0.786. The second-order valence-electron chi connectivity index (χ2n) is 7.88. The fourth-order valence-corrected chi connectivity index (χ4v) is 4.82. The van der Waals surface area contributed by atoms with Crippen molar-refractivity contribution in [3.63, 3.8) is 0 Å². The number of piperidine rings is 1. The van der Waals surface area contributed by atoms with Crippen LogP contribution < -0.4 is 4.74 Å². The molecule has 0 spiro atoms. The topological polar surface area (TPSA) is 49.9 Å². The van der Waals surface area contributed by atoms with Gasteiger partial charge >= 0.3 is 0 Å². The van der Waals surface area contributed by atoms with Gasteiger partial charge in [0.2, 0.25) is 11.8 Å². The van der Waals surface area contributed by atoms with Gasteiger partial charge in [-0.2, -0.15) is 0 Å². The van der Waals surface area contributed by atoms with Crippen molar-refractivity contribution in [2.75, 3.05) is 27.7 Å². The molecule has 2 aliphatic rings. The highest BCUT2D eigenvalue weighted by molar-refractivity contribution is 5.78. The number of likely N-dealkylation sites (tertiary alicyclic amines) is 1. The van der Waals surface area contributed by atoms with Crippen LogP contribution in [0.15, 0.2) is 24.3 Å². The number of carbonyl (C=O) groups is 2. The van der Waals surface area contributed by atoms with Crippen LogP contribution in [0.5, 0.6) is 5.75 Å². The van der Waals surface area contributed by atoms with Gasteiger partial charge in [-0.15, -0.1) is 0 Å². The maximum absolute atomic E-state index is 12.7. The summed E-state index contributed by atoms with van der Waals surface area (Å²) >= 11 is 0. The second kappa shape index (κ2) is 7.68. The van der Waals surface area contributed by atoms with Crippen LogP contribution in [-0.2, 0) is 16.0 Å². The van der Waals surface area contributed by atoms with E-state index in [1.165, 1.54) is 0 Å². The summed E-state index contributed by atoms with van der Waals surface area (Å²) in [5, 5.41) is 0. The number of hydrogen-bond acceptors (Lipinski definition) is 3. The fraction of sp³-hybridized carbons (Fsp3) is 0.619. The van der Waals surface area contributed by atoms with Crippen LogP contribution in [0.1, 0.15) is 44.1 Å². The third-order valence-corrected chi connectivity index (χ3v) is 6.30. The minimum atomic E-state index is 0.0863. The molecule has 0 aromatic heterocycles. The van der Waals surface area contributed by atoms with Crippen molar-refractivity contribution in [2.45, 2.75) is 51.0 Å². The van der Waals surface area contributed by atoms with Crippen molar-refractivity contribution < 1.29 is 14.3 Å². The lowest BCUT2D eigenvalue weighted by Crippen LogP contribution is -2.54. The number of fused-ring (bicyclic) bond motifs is 1.